The molecule has 0 heterocycles. The fourth-order valence-electron chi connectivity index (χ4n) is 0.885. The Hall–Kier alpha value is -1.24. The van der Waals surface area contributed by atoms with Crippen molar-refractivity contribution >= 4 is 6.08 Å². The van der Waals surface area contributed by atoms with Crippen molar-refractivity contribution in [3.8, 4) is 0 Å². The van der Waals surface area contributed by atoms with Crippen LogP contribution in [-0.2, 0) is 0 Å². The summed E-state index contributed by atoms with van der Waals surface area (Å²) in [6.07, 6.45) is 3.43. The van der Waals surface area contributed by atoms with Gasteiger partial charge in [0.15, 0.2) is 0 Å². The maximum Gasteiger partial charge on any atom is -0.00564 e. The van der Waals surface area contributed by atoms with Gasteiger partial charge in [0.1, 0.15) is 0 Å². The highest BCUT2D eigenvalue weighted by molar-refractivity contribution is 5.49. The molecule has 1 nitrogen and oxygen atoms in total. The number of nitrogens with two attached hydrogens (primary N) is 1. The third-order valence-electron chi connectivity index (χ3n) is 1.33. The van der Waals surface area contributed by atoms with Crippen LogP contribution < -0.4 is 5.73 Å². The lowest BCUT2D eigenvalue weighted by molar-refractivity contribution is 1.46. The van der Waals surface area contributed by atoms with E-state index >= 15 is 0 Å². The topological polar surface area (TPSA) is 26.0 Å². The molecule has 1 rings (SSSR count). The predicted molar refractivity (Wildman–Crippen MR) is 44.4 cm³/mol. The normalized spacial score (nSPS) is 10.5. The monoisotopic (exact) mass is 133 g/mol. The molecule has 0 unspecified atom stereocenters. The second-order valence-corrected chi connectivity index (χ2v) is 2.27. The standard InChI is InChI=1S/C9H11N/c1-8-3-2-4-9(7-8)5-6-10/h2-7H,10H2,1H3. The van der Waals surface area contributed by atoms with Gasteiger partial charge in [0.2, 0.25) is 0 Å². The van der Waals surface area contributed by atoms with Gasteiger partial charge >= 0.3 is 0 Å². The molecular formula is C9H11N. The smallest absolute Gasteiger partial charge is 0.00564 e. The molecule has 0 spiro atoms. The molecule has 1 heteroatoms. The van der Waals surface area contributed by atoms with Gasteiger partial charge in [0, 0.05) is 0 Å². The van der Waals surface area contributed by atoms with Crippen LogP contribution in [0.4, 0.5) is 0 Å². The van der Waals surface area contributed by atoms with Gasteiger partial charge in [-0.05, 0) is 24.8 Å². The number of hydrogen-bond acceptors (Lipinski definition) is 1. The van der Waals surface area contributed by atoms with E-state index < -0.39 is 0 Å². The first-order chi connectivity index (χ1) is 4.83. The third-order valence-corrected chi connectivity index (χ3v) is 1.33. The Balaban J connectivity index is 2.95. The summed E-state index contributed by atoms with van der Waals surface area (Å²) in [5, 5.41) is 0. The van der Waals surface area contributed by atoms with E-state index in [0.29, 0.717) is 0 Å². The minimum absolute atomic E-state index is 1.16. The summed E-state index contributed by atoms with van der Waals surface area (Å²) >= 11 is 0. The Bertz CT molecular complexity index is 238. The molecular weight excluding hydrogens is 122 g/mol. The molecule has 1 aromatic carbocycles. The average molecular weight is 133 g/mol. The number of aryl methyl sites for hydroxylation is 1. The van der Waals surface area contributed by atoms with Crippen molar-refractivity contribution in [2.75, 3.05) is 0 Å². The number of rotatable bonds is 1. The van der Waals surface area contributed by atoms with Gasteiger partial charge in [0.05, 0.1) is 0 Å². The Morgan fingerprint density at radius 3 is 2.80 bits per heavy atom. The zero-order valence-corrected chi connectivity index (χ0v) is 6.04. The van der Waals surface area contributed by atoms with Gasteiger partial charge in [0.25, 0.3) is 0 Å². The largest absolute Gasteiger partial charge is 0.405 e. The van der Waals surface area contributed by atoms with Crippen molar-refractivity contribution in [2.24, 2.45) is 5.73 Å². The summed E-state index contributed by atoms with van der Waals surface area (Å²) in [5.41, 5.74) is 7.64. The van der Waals surface area contributed by atoms with Crippen LogP contribution in [0.15, 0.2) is 30.5 Å². The molecule has 0 radical (unpaired) electrons. The molecule has 0 atom stereocenters. The highest BCUT2D eigenvalue weighted by atomic mass is 14.5. The lowest BCUT2D eigenvalue weighted by Gasteiger charge is -1.93. The summed E-state index contributed by atoms with van der Waals surface area (Å²) in [6, 6.07) is 8.19. The molecule has 1 aromatic rings. The summed E-state index contributed by atoms with van der Waals surface area (Å²) < 4.78 is 0. The fraction of sp³-hybridized carbons (Fsp3) is 0.111. The van der Waals surface area contributed by atoms with Gasteiger partial charge in [-0.1, -0.05) is 29.8 Å². The van der Waals surface area contributed by atoms with Crippen molar-refractivity contribution in [2.45, 2.75) is 6.92 Å². The second kappa shape index (κ2) is 3.06. The van der Waals surface area contributed by atoms with Crippen LogP contribution in [0, 0.1) is 6.92 Å². The molecule has 0 fully saturated rings. The summed E-state index contributed by atoms with van der Waals surface area (Å²) in [7, 11) is 0. The van der Waals surface area contributed by atoms with Crippen molar-refractivity contribution < 1.29 is 0 Å². The first-order valence-electron chi connectivity index (χ1n) is 3.28. The van der Waals surface area contributed by atoms with Gasteiger partial charge in [-0.2, -0.15) is 0 Å². The molecule has 52 valence electrons. The lowest BCUT2D eigenvalue weighted by Crippen LogP contribution is -1.78. The minimum atomic E-state index is 1.16. The maximum absolute atomic E-state index is 5.23. The zero-order valence-electron chi connectivity index (χ0n) is 6.04. The van der Waals surface area contributed by atoms with E-state index in [0.717, 1.165) is 5.56 Å². The van der Waals surface area contributed by atoms with E-state index in [1.54, 1.807) is 6.20 Å². The Labute approximate surface area is 61.2 Å². The predicted octanol–water partition coefficient (Wildman–Crippen LogP) is 1.92. The highest BCUT2D eigenvalue weighted by Gasteiger charge is 1.84. The maximum atomic E-state index is 5.23. The van der Waals surface area contributed by atoms with Gasteiger partial charge < -0.3 is 5.73 Å². The summed E-state index contributed by atoms with van der Waals surface area (Å²) in [4.78, 5) is 0. The molecule has 0 saturated heterocycles. The summed E-state index contributed by atoms with van der Waals surface area (Å²) in [5.74, 6) is 0. The van der Waals surface area contributed by atoms with Crippen LogP contribution in [0.2, 0.25) is 0 Å². The Kier molecular flexibility index (Phi) is 2.11. The SMILES string of the molecule is Cc1cccc(C=CN)c1. The van der Waals surface area contributed by atoms with E-state index in [2.05, 4.69) is 19.1 Å². The van der Waals surface area contributed by atoms with Crippen LogP contribution in [0.5, 0.6) is 0 Å². The zero-order chi connectivity index (χ0) is 7.40. The van der Waals surface area contributed by atoms with E-state index in [9.17, 15) is 0 Å². The van der Waals surface area contributed by atoms with Crippen LogP contribution >= 0.6 is 0 Å². The lowest BCUT2D eigenvalue weighted by atomic mass is 10.1. The quantitative estimate of drug-likeness (QED) is 0.622. The van der Waals surface area contributed by atoms with E-state index in [-0.39, 0.29) is 0 Å². The van der Waals surface area contributed by atoms with Crippen molar-refractivity contribution in [3.05, 3.63) is 41.6 Å². The first kappa shape index (κ1) is 6.87. The van der Waals surface area contributed by atoms with Gasteiger partial charge in [-0.25, -0.2) is 0 Å². The highest BCUT2D eigenvalue weighted by Crippen LogP contribution is 2.04. The Morgan fingerprint density at radius 2 is 2.20 bits per heavy atom. The molecule has 0 bridgehead atoms. The molecule has 0 saturated carbocycles. The van der Waals surface area contributed by atoms with Crippen LogP contribution in [0.3, 0.4) is 0 Å². The fourth-order valence-corrected chi connectivity index (χ4v) is 0.885. The first-order valence-corrected chi connectivity index (χ1v) is 3.28. The summed E-state index contributed by atoms with van der Waals surface area (Å²) in [6.45, 7) is 2.06. The number of hydrogen-bond donors (Lipinski definition) is 1. The van der Waals surface area contributed by atoms with Crippen LogP contribution in [0.25, 0.3) is 6.08 Å². The van der Waals surface area contributed by atoms with E-state index in [1.165, 1.54) is 5.56 Å². The van der Waals surface area contributed by atoms with E-state index in [4.69, 9.17) is 5.73 Å². The average Bonchev–Trinajstić information content (AvgIpc) is 1.88. The van der Waals surface area contributed by atoms with Crippen molar-refractivity contribution in [1.82, 2.24) is 0 Å². The molecule has 0 aliphatic heterocycles. The van der Waals surface area contributed by atoms with Crippen LogP contribution in [0.1, 0.15) is 11.1 Å². The van der Waals surface area contributed by atoms with Crippen molar-refractivity contribution in [1.29, 1.82) is 0 Å². The molecule has 0 amide bonds. The molecule has 2 N–H and O–H groups in total. The molecule has 0 aliphatic rings. The third kappa shape index (κ3) is 1.62. The molecule has 0 aliphatic carbocycles. The Morgan fingerprint density at radius 1 is 1.40 bits per heavy atom. The van der Waals surface area contributed by atoms with Crippen molar-refractivity contribution in [3.63, 3.8) is 0 Å². The minimum Gasteiger partial charge on any atom is -0.405 e. The van der Waals surface area contributed by atoms with Gasteiger partial charge in [-0.15, -0.1) is 0 Å². The van der Waals surface area contributed by atoms with Crippen LogP contribution in [-0.4, -0.2) is 0 Å². The molecule has 0 aromatic heterocycles. The molecule has 10 heavy (non-hydrogen) atoms. The van der Waals surface area contributed by atoms with E-state index in [1.807, 2.05) is 18.2 Å². The second-order valence-electron chi connectivity index (χ2n) is 2.27. The number of benzene rings is 1. The van der Waals surface area contributed by atoms with Gasteiger partial charge in [-0.3, -0.25) is 0 Å².